The predicted octanol–water partition coefficient (Wildman–Crippen LogP) is 7.02. The van der Waals surface area contributed by atoms with Crippen molar-refractivity contribution in [1.29, 1.82) is 0 Å². The van der Waals surface area contributed by atoms with Crippen molar-refractivity contribution in [1.82, 2.24) is 4.31 Å². The minimum atomic E-state index is -4.33. The van der Waals surface area contributed by atoms with E-state index in [1.165, 1.54) is 23.4 Å². The highest BCUT2D eigenvalue weighted by molar-refractivity contribution is 7.89. The maximum absolute atomic E-state index is 13.4. The molecule has 1 heterocycles. The number of nitrogens with zero attached hydrogens (tertiary/aromatic N) is 2. The predicted molar refractivity (Wildman–Crippen MR) is 184 cm³/mol. The zero-order chi connectivity index (χ0) is 34.4. The number of likely N-dealkylation sites (N-methyl/N-ethyl adjacent to an activating group) is 1. The summed E-state index contributed by atoms with van der Waals surface area (Å²) < 4.78 is 61.3. The summed E-state index contributed by atoms with van der Waals surface area (Å²) in [7, 11) is -4.49. The van der Waals surface area contributed by atoms with Crippen LogP contribution in [0.15, 0.2) is 93.4 Å². The van der Waals surface area contributed by atoms with E-state index in [2.05, 4.69) is 43.6 Å². The van der Waals surface area contributed by atoms with Crippen LogP contribution in [0.3, 0.4) is 0 Å². The summed E-state index contributed by atoms with van der Waals surface area (Å²) in [6.45, 7) is 16.2. The number of rotatable bonds is 11. The lowest BCUT2D eigenvalue weighted by molar-refractivity contribution is -0.117. The molecule has 0 aromatic heterocycles. The molecule has 0 atom stereocenters. The monoisotopic (exact) mass is 666 g/mol. The van der Waals surface area contributed by atoms with Gasteiger partial charge in [0.2, 0.25) is 10.0 Å². The van der Waals surface area contributed by atoms with E-state index in [9.17, 15) is 26.2 Å². The molecule has 0 unspecified atom stereocenters. The topological polar surface area (TPSA) is 112 Å². The molecule has 0 bridgehead atoms. The molecule has 0 saturated carbocycles. The fourth-order valence-corrected chi connectivity index (χ4v) is 8.11. The van der Waals surface area contributed by atoms with Crippen LogP contribution in [0.1, 0.15) is 77.0 Å². The summed E-state index contributed by atoms with van der Waals surface area (Å²) in [6, 6.07) is 9.93. The standard InChI is InChI=1S/C36H46N2O6S2/c1-24-12-15-30(46(42,43)44)23-31(24)35(4,5)25(2)19-27-13-14-28(20-27)21-34-36(6,7)32-22-29(16-17-33(32)38(34)9)45(40,41)37(8)18-10-11-26(3)39/h12,15-17,19-23H,2,10-11,13-14,18H2,1,3-9H3,(H,42,43,44)/b27-19+,34-21+. The van der Waals surface area contributed by atoms with Crippen LogP contribution in [0.2, 0.25) is 0 Å². The number of fused-ring (bicyclic) bond motifs is 1. The van der Waals surface area contributed by atoms with Gasteiger partial charge in [-0.3, -0.25) is 4.55 Å². The van der Waals surface area contributed by atoms with Crippen molar-refractivity contribution >= 4 is 31.6 Å². The van der Waals surface area contributed by atoms with Crippen LogP contribution < -0.4 is 4.90 Å². The van der Waals surface area contributed by atoms with Crippen molar-refractivity contribution in [2.24, 2.45) is 0 Å². The van der Waals surface area contributed by atoms with Crippen molar-refractivity contribution < 1.29 is 26.2 Å². The highest BCUT2D eigenvalue weighted by Crippen LogP contribution is 2.48. The molecule has 0 amide bonds. The van der Waals surface area contributed by atoms with E-state index < -0.39 is 31.0 Å². The Labute approximate surface area is 275 Å². The van der Waals surface area contributed by atoms with Crippen LogP contribution in [0.5, 0.6) is 0 Å². The van der Waals surface area contributed by atoms with Gasteiger partial charge in [-0.05, 0) is 103 Å². The van der Waals surface area contributed by atoms with Gasteiger partial charge in [0.25, 0.3) is 10.1 Å². The molecule has 0 radical (unpaired) electrons. The minimum absolute atomic E-state index is 0.0420. The first-order valence-corrected chi connectivity index (χ1v) is 18.3. The molecule has 2 aliphatic rings. The number of hydrogen-bond acceptors (Lipinski definition) is 6. The number of carbonyl (C=O) groups excluding carboxylic acids is 1. The van der Waals surface area contributed by atoms with Gasteiger partial charge >= 0.3 is 0 Å². The number of benzene rings is 2. The Bertz CT molecular complexity index is 1900. The molecule has 248 valence electrons. The highest BCUT2D eigenvalue weighted by atomic mass is 32.2. The first-order valence-electron chi connectivity index (χ1n) is 15.4. The summed E-state index contributed by atoms with van der Waals surface area (Å²) in [5.41, 5.74) is 6.72. The van der Waals surface area contributed by atoms with E-state index >= 15 is 0 Å². The lowest BCUT2D eigenvalue weighted by Gasteiger charge is -2.29. The Morgan fingerprint density at radius 2 is 1.74 bits per heavy atom. The van der Waals surface area contributed by atoms with Crippen molar-refractivity contribution in [3.05, 3.63) is 100 Å². The van der Waals surface area contributed by atoms with E-state index in [1.54, 1.807) is 25.2 Å². The van der Waals surface area contributed by atoms with Crippen LogP contribution in [0, 0.1) is 6.92 Å². The number of sulfonamides is 1. The van der Waals surface area contributed by atoms with Gasteiger partial charge in [-0.2, -0.15) is 8.42 Å². The second kappa shape index (κ2) is 12.7. The Morgan fingerprint density at radius 3 is 2.37 bits per heavy atom. The van der Waals surface area contributed by atoms with E-state index in [0.29, 0.717) is 12.8 Å². The van der Waals surface area contributed by atoms with Gasteiger partial charge in [0, 0.05) is 49.3 Å². The van der Waals surface area contributed by atoms with Gasteiger partial charge in [-0.15, -0.1) is 0 Å². The number of Topliss-reactive ketones (excluding diaryl/α,β-unsaturated/α-hetero) is 1. The van der Waals surface area contributed by atoms with Crippen LogP contribution in [-0.2, 0) is 35.8 Å². The zero-order valence-electron chi connectivity index (χ0n) is 28.1. The quantitative estimate of drug-likeness (QED) is 0.257. The third-order valence-corrected chi connectivity index (χ3v) is 12.2. The zero-order valence-corrected chi connectivity index (χ0v) is 29.8. The molecular formula is C36H46N2O6S2. The van der Waals surface area contributed by atoms with Gasteiger partial charge in [0.1, 0.15) is 5.78 Å². The molecule has 10 heteroatoms. The molecule has 0 spiro atoms. The van der Waals surface area contributed by atoms with Crippen LogP contribution in [-0.4, -0.2) is 52.1 Å². The third-order valence-electron chi connectivity index (χ3n) is 9.45. The number of carbonyl (C=O) groups is 1. The highest BCUT2D eigenvalue weighted by Gasteiger charge is 2.40. The third kappa shape index (κ3) is 7.00. The van der Waals surface area contributed by atoms with E-state index in [0.717, 1.165) is 57.6 Å². The van der Waals surface area contributed by atoms with Crippen molar-refractivity contribution in [2.45, 2.75) is 87.8 Å². The summed E-state index contributed by atoms with van der Waals surface area (Å²) in [4.78, 5) is 13.5. The van der Waals surface area contributed by atoms with Crippen LogP contribution >= 0.6 is 0 Å². The number of hydrogen-bond donors (Lipinski definition) is 1. The Morgan fingerprint density at radius 1 is 1.09 bits per heavy atom. The summed E-state index contributed by atoms with van der Waals surface area (Å²) >= 11 is 0. The normalized spacial score (nSPS) is 18.4. The second-order valence-electron chi connectivity index (χ2n) is 13.6. The Kier molecular flexibility index (Phi) is 9.82. The molecule has 46 heavy (non-hydrogen) atoms. The van der Waals surface area contributed by atoms with Gasteiger partial charge < -0.3 is 9.69 Å². The molecular weight excluding hydrogens is 621 g/mol. The van der Waals surface area contributed by atoms with Crippen molar-refractivity contribution in [2.75, 3.05) is 25.5 Å². The van der Waals surface area contributed by atoms with Gasteiger partial charge in [0.15, 0.2) is 0 Å². The maximum atomic E-state index is 13.4. The smallest absolute Gasteiger partial charge is 0.294 e. The fraction of sp³-hybridized carbons (Fsp3) is 0.417. The van der Waals surface area contributed by atoms with Gasteiger partial charge in [-0.25, -0.2) is 12.7 Å². The SMILES string of the molecule is C=C(/C=C1C=C(/C=C2/N(C)c3ccc(S(=O)(=O)N(C)CCCC(C)=O)cc3C2(C)C)CC/1)C(C)(C)c1cc(S(=O)(=O)O)ccc1C. The molecule has 1 aliphatic carbocycles. The molecule has 0 fully saturated rings. The molecule has 8 nitrogen and oxygen atoms in total. The first-order chi connectivity index (χ1) is 21.2. The van der Waals surface area contributed by atoms with E-state index in [4.69, 9.17) is 0 Å². The van der Waals surface area contributed by atoms with Gasteiger partial charge in [0.05, 0.1) is 9.79 Å². The number of aryl methyl sites for hydroxylation is 1. The summed E-state index contributed by atoms with van der Waals surface area (Å²) in [5, 5.41) is 0. The molecule has 4 rings (SSSR count). The average molecular weight is 667 g/mol. The van der Waals surface area contributed by atoms with E-state index in [1.807, 2.05) is 33.9 Å². The molecule has 1 N–H and O–H groups in total. The lowest BCUT2D eigenvalue weighted by atomic mass is 9.76. The first kappa shape index (κ1) is 35.5. The largest absolute Gasteiger partial charge is 0.347 e. The maximum Gasteiger partial charge on any atom is 0.294 e. The second-order valence-corrected chi connectivity index (χ2v) is 17.0. The fourth-order valence-electron chi connectivity index (χ4n) is 6.37. The lowest BCUT2D eigenvalue weighted by Crippen LogP contribution is -2.28. The minimum Gasteiger partial charge on any atom is -0.347 e. The Balaban J connectivity index is 1.59. The molecule has 2 aromatic carbocycles. The summed E-state index contributed by atoms with van der Waals surface area (Å²) in [6.07, 6.45) is 8.91. The van der Waals surface area contributed by atoms with Crippen LogP contribution in [0.25, 0.3) is 0 Å². The average Bonchev–Trinajstić information content (AvgIpc) is 3.47. The number of ketones is 1. The number of anilines is 1. The molecule has 1 aliphatic heterocycles. The van der Waals surface area contributed by atoms with Gasteiger partial charge in [-0.1, -0.05) is 52.5 Å². The Hall–Kier alpha value is -3.31. The number of allylic oxidation sites excluding steroid dienone is 7. The molecule has 2 aromatic rings. The molecule has 0 saturated heterocycles. The van der Waals surface area contributed by atoms with Crippen LogP contribution in [0.4, 0.5) is 5.69 Å². The van der Waals surface area contributed by atoms with Crippen molar-refractivity contribution in [3.63, 3.8) is 0 Å². The summed E-state index contributed by atoms with van der Waals surface area (Å²) in [5.74, 6) is 0.0420. The van der Waals surface area contributed by atoms with E-state index in [-0.39, 0.29) is 22.1 Å². The van der Waals surface area contributed by atoms with Crippen molar-refractivity contribution in [3.8, 4) is 0 Å².